The molecule has 0 unspecified atom stereocenters. The summed E-state index contributed by atoms with van der Waals surface area (Å²) in [5.41, 5.74) is 7.68. The zero-order valence-electron chi connectivity index (χ0n) is 9.99. The lowest BCUT2D eigenvalue weighted by Gasteiger charge is -2.04. The maximum atomic E-state index is 10.2. The Morgan fingerprint density at radius 3 is 2.44 bits per heavy atom. The lowest BCUT2D eigenvalue weighted by atomic mass is 10.1. The largest absolute Gasteiger partial charge is 0.399 e. The Bertz CT molecular complexity index is 333. The van der Waals surface area contributed by atoms with Crippen LogP contribution in [0.25, 0.3) is 6.08 Å². The summed E-state index contributed by atoms with van der Waals surface area (Å²) in [5.74, 6) is 0. The molecule has 3 heteroatoms. The third-order valence-corrected chi connectivity index (χ3v) is 2.01. The number of unbranched alkanes of at least 4 members (excludes halogenated alkanes) is 1. The van der Waals surface area contributed by atoms with Crippen molar-refractivity contribution < 1.29 is 4.79 Å². The Morgan fingerprint density at radius 2 is 2.00 bits per heavy atom. The molecule has 3 N–H and O–H groups in total. The minimum atomic E-state index is 0.613. The van der Waals surface area contributed by atoms with Crippen molar-refractivity contribution in [2.45, 2.75) is 26.7 Å². The van der Waals surface area contributed by atoms with Gasteiger partial charge in [0.05, 0.1) is 0 Å². The second-order valence-electron chi connectivity index (χ2n) is 3.31. The van der Waals surface area contributed by atoms with Crippen LogP contribution in [0.1, 0.15) is 32.3 Å². The van der Waals surface area contributed by atoms with E-state index < -0.39 is 0 Å². The molecule has 0 saturated heterocycles. The SMILES string of the molecule is C=Cc1ccc(N)cc1NC=O.CCCC. The fourth-order valence-corrected chi connectivity index (χ4v) is 0.940. The van der Waals surface area contributed by atoms with Crippen LogP contribution < -0.4 is 11.1 Å². The number of nitrogen functional groups attached to an aromatic ring is 1. The van der Waals surface area contributed by atoms with Gasteiger partial charge in [-0.15, -0.1) is 0 Å². The Kier molecular flexibility index (Phi) is 7.59. The van der Waals surface area contributed by atoms with Gasteiger partial charge in [0.15, 0.2) is 0 Å². The van der Waals surface area contributed by atoms with Crippen molar-refractivity contribution in [1.29, 1.82) is 0 Å². The molecular weight excluding hydrogens is 200 g/mol. The monoisotopic (exact) mass is 220 g/mol. The summed E-state index contributed by atoms with van der Waals surface area (Å²) in [5, 5.41) is 2.54. The normalized spacial score (nSPS) is 8.62. The lowest BCUT2D eigenvalue weighted by molar-refractivity contribution is -0.105. The van der Waals surface area contributed by atoms with Gasteiger partial charge in [0, 0.05) is 11.4 Å². The molecule has 0 aliphatic rings. The molecule has 3 nitrogen and oxygen atoms in total. The van der Waals surface area contributed by atoms with E-state index in [0.717, 1.165) is 5.56 Å². The van der Waals surface area contributed by atoms with Gasteiger partial charge in [0.2, 0.25) is 6.41 Å². The van der Waals surface area contributed by atoms with E-state index in [9.17, 15) is 4.79 Å². The first-order valence-corrected chi connectivity index (χ1v) is 5.41. The molecule has 0 radical (unpaired) electrons. The molecule has 0 heterocycles. The lowest BCUT2D eigenvalue weighted by Crippen LogP contribution is -1.97. The second kappa shape index (κ2) is 8.53. The number of anilines is 2. The Balaban J connectivity index is 0.000000487. The average molecular weight is 220 g/mol. The van der Waals surface area contributed by atoms with E-state index in [1.165, 1.54) is 12.8 Å². The molecule has 0 atom stereocenters. The molecule has 16 heavy (non-hydrogen) atoms. The fourth-order valence-electron chi connectivity index (χ4n) is 0.940. The van der Waals surface area contributed by atoms with Gasteiger partial charge >= 0.3 is 0 Å². The highest BCUT2D eigenvalue weighted by molar-refractivity contribution is 5.80. The topological polar surface area (TPSA) is 55.1 Å². The number of hydrogen-bond donors (Lipinski definition) is 2. The summed E-state index contributed by atoms with van der Waals surface area (Å²) in [7, 11) is 0. The Morgan fingerprint density at radius 1 is 1.38 bits per heavy atom. The van der Waals surface area contributed by atoms with Crippen LogP contribution in [0.4, 0.5) is 11.4 Å². The van der Waals surface area contributed by atoms with Crippen LogP contribution in [0, 0.1) is 0 Å². The van der Waals surface area contributed by atoms with Crippen LogP contribution in [-0.4, -0.2) is 6.41 Å². The van der Waals surface area contributed by atoms with Gasteiger partial charge in [0.25, 0.3) is 0 Å². The van der Waals surface area contributed by atoms with Crippen molar-refractivity contribution >= 4 is 23.9 Å². The predicted octanol–water partition coefficient (Wildman–Crippen LogP) is 3.29. The number of carbonyl (C=O) groups excluding carboxylic acids is 1. The first-order chi connectivity index (χ1) is 7.69. The van der Waals surface area contributed by atoms with Crippen LogP contribution in [0.5, 0.6) is 0 Å². The third-order valence-electron chi connectivity index (χ3n) is 2.01. The summed E-state index contributed by atoms with van der Waals surface area (Å²) in [6, 6.07) is 5.24. The van der Waals surface area contributed by atoms with E-state index >= 15 is 0 Å². The molecule has 0 saturated carbocycles. The number of hydrogen-bond acceptors (Lipinski definition) is 2. The smallest absolute Gasteiger partial charge is 0.211 e. The zero-order chi connectivity index (χ0) is 12.4. The minimum absolute atomic E-state index is 0.613. The molecule has 1 aromatic rings. The molecule has 88 valence electrons. The minimum Gasteiger partial charge on any atom is -0.399 e. The van der Waals surface area contributed by atoms with Crippen LogP contribution >= 0.6 is 0 Å². The van der Waals surface area contributed by atoms with E-state index in [-0.39, 0.29) is 0 Å². The quantitative estimate of drug-likeness (QED) is 0.604. The van der Waals surface area contributed by atoms with Crippen LogP contribution in [0.3, 0.4) is 0 Å². The van der Waals surface area contributed by atoms with Crippen molar-refractivity contribution in [2.24, 2.45) is 0 Å². The highest BCUT2D eigenvalue weighted by Crippen LogP contribution is 2.19. The Hall–Kier alpha value is -1.77. The number of benzene rings is 1. The number of rotatable bonds is 4. The van der Waals surface area contributed by atoms with Gasteiger partial charge in [-0.2, -0.15) is 0 Å². The van der Waals surface area contributed by atoms with E-state index in [0.29, 0.717) is 17.8 Å². The van der Waals surface area contributed by atoms with Crippen molar-refractivity contribution in [3.63, 3.8) is 0 Å². The molecule has 0 aliphatic carbocycles. The summed E-state index contributed by atoms with van der Waals surface area (Å²) in [4.78, 5) is 10.2. The van der Waals surface area contributed by atoms with Crippen molar-refractivity contribution in [2.75, 3.05) is 11.1 Å². The van der Waals surface area contributed by atoms with Crippen LogP contribution in [0.15, 0.2) is 24.8 Å². The van der Waals surface area contributed by atoms with Crippen LogP contribution in [0.2, 0.25) is 0 Å². The highest BCUT2D eigenvalue weighted by Gasteiger charge is 1.97. The first kappa shape index (κ1) is 14.2. The summed E-state index contributed by atoms with van der Waals surface area (Å²) >= 11 is 0. The molecular formula is C13H20N2O. The summed E-state index contributed by atoms with van der Waals surface area (Å²) < 4.78 is 0. The maximum absolute atomic E-state index is 10.2. The van der Waals surface area contributed by atoms with E-state index in [1.807, 2.05) is 0 Å². The maximum Gasteiger partial charge on any atom is 0.211 e. The van der Waals surface area contributed by atoms with E-state index in [1.54, 1.807) is 24.3 Å². The molecule has 1 amide bonds. The van der Waals surface area contributed by atoms with Gasteiger partial charge in [-0.05, 0) is 17.7 Å². The standard InChI is InChI=1S/C9H10N2O.C4H10/c1-2-7-3-4-8(10)5-9(7)11-6-12;1-3-4-2/h2-6H,1,10H2,(H,11,12);3-4H2,1-2H3. The van der Waals surface area contributed by atoms with Crippen molar-refractivity contribution in [1.82, 2.24) is 0 Å². The first-order valence-electron chi connectivity index (χ1n) is 5.41. The highest BCUT2D eigenvalue weighted by atomic mass is 16.1. The fraction of sp³-hybridized carbons (Fsp3) is 0.308. The molecule has 1 rings (SSSR count). The summed E-state index contributed by atoms with van der Waals surface area (Å²) in [6.45, 7) is 7.97. The molecule has 1 aromatic carbocycles. The zero-order valence-corrected chi connectivity index (χ0v) is 9.99. The molecule has 0 bridgehead atoms. The van der Waals surface area contributed by atoms with Crippen LogP contribution in [-0.2, 0) is 4.79 Å². The summed E-state index contributed by atoms with van der Waals surface area (Å²) in [6.07, 6.45) is 4.91. The van der Waals surface area contributed by atoms with Gasteiger partial charge < -0.3 is 11.1 Å². The van der Waals surface area contributed by atoms with Crippen molar-refractivity contribution in [3.8, 4) is 0 Å². The molecule has 0 aliphatic heterocycles. The molecule has 0 fully saturated rings. The number of carbonyl (C=O) groups is 1. The number of nitrogens with two attached hydrogens (primary N) is 1. The van der Waals surface area contributed by atoms with Gasteiger partial charge in [-0.3, -0.25) is 4.79 Å². The van der Waals surface area contributed by atoms with Crippen molar-refractivity contribution in [3.05, 3.63) is 30.3 Å². The number of amides is 1. The Labute approximate surface area is 97.4 Å². The predicted molar refractivity (Wildman–Crippen MR) is 71.2 cm³/mol. The number of nitrogens with one attached hydrogen (secondary N) is 1. The van der Waals surface area contributed by atoms with Gasteiger partial charge in [0.1, 0.15) is 0 Å². The molecule has 0 spiro atoms. The van der Waals surface area contributed by atoms with E-state index in [2.05, 4.69) is 25.7 Å². The van der Waals surface area contributed by atoms with Gasteiger partial charge in [-0.25, -0.2) is 0 Å². The average Bonchev–Trinajstić information content (AvgIpc) is 2.30. The van der Waals surface area contributed by atoms with E-state index in [4.69, 9.17) is 5.73 Å². The van der Waals surface area contributed by atoms with Gasteiger partial charge in [-0.1, -0.05) is 45.4 Å². The third kappa shape index (κ3) is 5.20. The molecule has 0 aromatic heterocycles. The second-order valence-corrected chi connectivity index (χ2v) is 3.31.